The maximum atomic E-state index is 4.65. The van der Waals surface area contributed by atoms with Gasteiger partial charge in [-0.1, -0.05) is 6.07 Å². The average Bonchev–Trinajstić information content (AvgIpc) is 3.17. The maximum Gasteiger partial charge on any atom is 0.140 e. The van der Waals surface area contributed by atoms with Crippen LogP contribution in [0.1, 0.15) is 5.56 Å². The predicted octanol–water partition coefficient (Wildman–Crippen LogP) is 2.87. The van der Waals surface area contributed by atoms with E-state index in [2.05, 4.69) is 38.1 Å². The van der Waals surface area contributed by atoms with E-state index in [1.165, 1.54) is 5.56 Å². The number of imidazole rings is 2. The molecular formula is C16H13N5. The van der Waals surface area contributed by atoms with E-state index in [-0.39, 0.29) is 0 Å². The summed E-state index contributed by atoms with van der Waals surface area (Å²) in [4.78, 5) is 16.2. The molecule has 3 heterocycles. The Hall–Kier alpha value is -2.95. The van der Waals surface area contributed by atoms with Crippen LogP contribution in [-0.2, 0) is 6.54 Å². The topological polar surface area (TPSA) is 59.4 Å². The number of nitrogens with zero attached hydrogens (tertiary/aromatic N) is 4. The Morgan fingerprint density at radius 3 is 2.90 bits per heavy atom. The normalized spacial score (nSPS) is 11.0. The average molecular weight is 275 g/mol. The van der Waals surface area contributed by atoms with Crippen molar-refractivity contribution in [3.8, 4) is 11.4 Å². The molecule has 0 amide bonds. The van der Waals surface area contributed by atoms with Gasteiger partial charge in [0.25, 0.3) is 0 Å². The lowest BCUT2D eigenvalue weighted by atomic mass is 10.2. The SMILES string of the molecule is c1cncc(-c2nc3cc(Cn4ccnc4)ccc3[nH]2)c1. The minimum absolute atomic E-state index is 0.797. The summed E-state index contributed by atoms with van der Waals surface area (Å²) in [6, 6.07) is 10.2. The molecule has 0 bridgehead atoms. The molecule has 102 valence electrons. The van der Waals surface area contributed by atoms with Crippen molar-refractivity contribution in [2.24, 2.45) is 0 Å². The molecule has 3 aromatic heterocycles. The maximum absolute atomic E-state index is 4.65. The molecule has 1 N–H and O–H groups in total. The van der Waals surface area contributed by atoms with E-state index in [0.29, 0.717) is 0 Å². The van der Waals surface area contributed by atoms with Crippen LogP contribution in [0.25, 0.3) is 22.4 Å². The van der Waals surface area contributed by atoms with E-state index >= 15 is 0 Å². The molecule has 4 rings (SSSR count). The number of nitrogens with one attached hydrogen (secondary N) is 1. The van der Waals surface area contributed by atoms with Crippen LogP contribution in [0.2, 0.25) is 0 Å². The smallest absolute Gasteiger partial charge is 0.140 e. The third-order valence-corrected chi connectivity index (χ3v) is 3.41. The Morgan fingerprint density at radius 2 is 2.10 bits per heavy atom. The van der Waals surface area contributed by atoms with Gasteiger partial charge in [0.05, 0.1) is 17.4 Å². The van der Waals surface area contributed by atoms with Crippen LogP contribution in [-0.4, -0.2) is 24.5 Å². The fraction of sp³-hybridized carbons (Fsp3) is 0.0625. The first kappa shape index (κ1) is 11.8. The number of pyridine rings is 1. The summed E-state index contributed by atoms with van der Waals surface area (Å²) in [6.07, 6.45) is 9.12. The fourth-order valence-electron chi connectivity index (χ4n) is 2.38. The zero-order chi connectivity index (χ0) is 14.1. The number of rotatable bonds is 3. The summed E-state index contributed by atoms with van der Waals surface area (Å²) in [5.74, 6) is 0.845. The third kappa shape index (κ3) is 2.29. The molecule has 0 atom stereocenters. The summed E-state index contributed by atoms with van der Waals surface area (Å²) in [6.45, 7) is 0.797. The largest absolute Gasteiger partial charge is 0.338 e. The molecule has 5 heteroatoms. The molecule has 0 fully saturated rings. The highest BCUT2D eigenvalue weighted by Crippen LogP contribution is 2.20. The summed E-state index contributed by atoms with van der Waals surface area (Å²) in [5, 5.41) is 0. The van der Waals surface area contributed by atoms with E-state index < -0.39 is 0 Å². The highest BCUT2D eigenvalue weighted by atomic mass is 15.0. The molecule has 4 aromatic rings. The Bertz CT molecular complexity index is 862. The van der Waals surface area contributed by atoms with Crippen molar-refractivity contribution in [1.29, 1.82) is 0 Å². The molecule has 1 aromatic carbocycles. The van der Waals surface area contributed by atoms with Crippen molar-refractivity contribution in [2.75, 3.05) is 0 Å². The molecule has 21 heavy (non-hydrogen) atoms. The number of fused-ring (bicyclic) bond motifs is 1. The number of hydrogen-bond acceptors (Lipinski definition) is 3. The highest BCUT2D eigenvalue weighted by Gasteiger charge is 2.06. The lowest BCUT2D eigenvalue weighted by Crippen LogP contribution is -1.95. The van der Waals surface area contributed by atoms with Gasteiger partial charge in [0.2, 0.25) is 0 Å². The van der Waals surface area contributed by atoms with Crippen LogP contribution >= 0.6 is 0 Å². The molecule has 0 radical (unpaired) electrons. The second-order valence-electron chi connectivity index (χ2n) is 4.91. The highest BCUT2D eigenvalue weighted by molar-refractivity contribution is 5.79. The van der Waals surface area contributed by atoms with Crippen LogP contribution in [0.3, 0.4) is 0 Å². The first-order valence-corrected chi connectivity index (χ1v) is 6.73. The molecule has 0 spiro atoms. The van der Waals surface area contributed by atoms with Gasteiger partial charge in [0.15, 0.2) is 0 Å². The molecule has 0 aliphatic carbocycles. The van der Waals surface area contributed by atoms with Gasteiger partial charge < -0.3 is 9.55 Å². The van der Waals surface area contributed by atoms with E-state index in [4.69, 9.17) is 0 Å². The molecule has 0 aliphatic rings. The van der Waals surface area contributed by atoms with Gasteiger partial charge in [-0.3, -0.25) is 4.98 Å². The minimum Gasteiger partial charge on any atom is -0.338 e. The van der Waals surface area contributed by atoms with Gasteiger partial charge in [-0.2, -0.15) is 0 Å². The Labute approximate surface area is 121 Å². The van der Waals surface area contributed by atoms with Crippen molar-refractivity contribution < 1.29 is 0 Å². The van der Waals surface area contributed by atoms with Crippen LogP contribution in [0.5, 0.6) is 0 Å². The molecule has 0 saturated carbocycles. The Kier molecular flexibility index (Phi) is 2.74. The lowest BCUT2D eigenvalue weighted by Gasteiger charge is -2.01. The summed E-state index contributed by atoms with van der Waals surface area (Å²) in [5.41, 5.74) is 4.18. The van der Waals surface area contributed by atoms with E-state index in [0.717, 1.165) is 29.0 Å². The van der Waals surface area contributed by atoms with Gasteiger partial charge in [-0.25, -0.2) is 9.97 Å². The number of H-pyrrole nitrogens is 1. The number of benzene rings is 1. The quantitative estimate of drug-likeness (QED) is 0.625. The van der Waals surface area contributed by atoms with Crippen molar-refractivity contribution in [3.05, 3.63) is 67.0 Å². The summed E-state index contributed by atoms with van der Waals surface area (Å²) < 4.78 is 2.04. The van der Waals surface area contributed by atoms with Crippen LogP contribution in [0, 0.1) is 0 Å². The second kappa shape index (κ2) is 4.86. The predicted molar refractivity (Wildman–Crippen MR) is 80.7 cm³/mol. The van der Waals surface area contributed by atoms with Gasteiger partial charge in [-0.05, 0) is 29.8 Å². The number of aromatic nitrogens is 5. The van der Waals surface area contributed by atoms with Gasteiger partial charge in [-0.15, -0.1) is 0 Å². The van der Waals surface area contributed by atoms with Gasteiger partial charge in [0.1, 0.15) is 5.82 Å². The Morgan fingerprint density at radius 1 is 1.10 bits per heavy atom. The number of hydrogen-bond donors (Lipinski definition) is 1. The zero-order valence-corrected chi connectivity index (χ0v) is 11.3. The van der Waals surface area contributed by atoms with Crippen molar-refractivity contribution in [1.82, 2.24) is 24.5 Å². The van der Waals surface area contributed by atoms with Crippen LogP contribution < -0.4 is 0 Å². The van der Waals surface area contributed by atoms with Crippen molar-refractivity contribution in [2.45, 2.75) is 6.54 Å². The minimum atomic E-state index is 0.797. The fourth-order valence-corrected chi connectivity index (χ4v) is 2.38. The Balaban J connectivity index is 1.71. The van der Waals surface area contributed by atoms with E-state index in [1.54, 1.807) is 12.4 Å². The molecule has 0 aliphatic heterocycles. The molecule has 0 unspecified atom stereocenters. The van der Waals surface area contributed by atoms with Crippen LogP contribution in [0.4, 0.5) is 0 Å². The third-order valence-electron chi connectivity index (χ3n) is 3.41. The van der Waals surface area contributed by atoms with Gasteiger partial charge >= 0.3 is 0 Å². The summed E-state index contributed by atoms with van der Waals surface area (Å²) in [7, 11) is 0. The van der Waals surface area contributed by atoms with Crippen LogP contribution in [0.15, 0.2) is 61.4 Å². The number of aromatic amines is 1. The second-order valence-corrected chi connectivity index (χ2v) is 4.91. The molecule has 0 saturated heterocycles. The van der Waals surface area contributed by atoms with Crippen molar-refractivity contribution in [3.63, 3.8) is 0 Å². The standard InChI is InChI=1S/C16H13N5/c1-2-13(9-17-5-1)16-19-14-4-3-12(8-15(14)20-16)10-21-7-6-18-11-21/h1-9,11H,10H2,(H,19,20). The molecule has 5 nitrogen and oxygen atoms in total. The lowest BCUT2D eigenvalue weighted by molar-refractivity contribution is 0.798. The zero-order valence-electron chi connectivity index (χ0n) is 11.3. The van der Waals surface area contributed by atoms with E-state index in [1.807, 2.05) is 35.4 Å². The van der Waals surface area contributed by atoms with Crippen molar-refractivity contribution >= 4 is 11.0 Å². The monoisotopic (exact) mass is 275 g/mol. The summed E-state index contributed by atoms with van der Waals surface area (Å²) >= 11 is 0. The first-order valence-electron chi connectivity index (χ1n) is 6.73. The van der Waals surface area contributed by atoms with E-state index in [9.17, 15) is 0 Å². The first-order chi connectivity index (χ1) is 10.4. The van der Waals surface area contributed by atoms with Gasteiger partial charge in [0, 0.05) is 36.9 Å². The molecular weight excluding hydrogens is 262 g/mol.